The van der Waals surface area contributed by atoms with E-state index >= 15 is 28.8 Å². The van der Waals surface area contributed by atoms with Crippen LogP contribution in [-0.4, -0.2) is 175 Å². The number of para-hydroxylation sites is 6. The Hall–Kier alpha value is -15.3. The first-order valence-corrected chi connectivity index (χ1v) is 42.9. The summed E-state index contributed by atoms with van der Waals surface area (Å²) in [4.78, 5) is 153. The van der Waals surface area contributed by atoms with Gasteiger partial charge in [0.25, 0.3) is 0 Å². The van der Waals surface area contributed by atoms with Gasteiger partial charge in [0.1, 0.15) is 36.3 Å². The fraction of sp³-hybridized carbons (Fsp3) is 0.290. The van der Waals surface area contributed by atoms with Crippen LogP contribution in [0.15, 0.2) is 201 Å². The SMILES string of the molecule is N=C(N)NCCC[C@H](NC(=O)[C@@H](N)Cc1c[nH]c2ccccc12)C(=O)N[C@@H](Cc1c[nH]c2ccccc12)C(=O)NCc1cc(CNC(=O)[C@H](Cc2c[nH]c3ccccc23)NC(=O)[C@H](CCCNC(=N)N)NC(=O)[C@@H](N)Cc2c[nH]c3ccccc23)cc(CNC(=O)[C@H](Cc2c[nH]c3ccccc23)NC(=O)[C@H](CCCNC(=N)N)NC(=O)[C@@H](N)Cc2c[nH]c3ccccc23)c1. The monoisotopic (exact) mass is 1750 g/mol. The van der Waals surface area contributed by atoms with E-state index in [0.717, 1.165) is 82.1 Å². The quantitative estimate of drug-likeness (QED) is 0.0147. The van der Waals surface area contributed by atoms with E-state index in [4.69, 9.17) is 50.6 Å². The van der Waals surface area contributed by atoms with Crippen LogP contribution in [0.1, 0.15) is 88.6 Å². The summed E-state index contributed by atoms with van der Waals surface area (Å²) in [5, 5.41) is 63.0. The minimum absolute atomic E-state index is 0.0271. The first-order valence-electron chi connectivity index (χ1n) is 42.9. The number of hydrogen-bond donors (Lipinski definition) is 27. The van der Waals surface area contributed by atoms with E-state index in [1.807, 2.05) is 146 Å². The van der Waals surface area contributed by atoms with Crippen molar-refractivity contribution in [3.8, 4) is 0 Å². The lowest BCUT2D eigenvalue weighted by molar-refractivity contribution is -0.132. The van der Waals surface area contributed by atoms with Crippen LogP contribution in [0.5, 0.6) is 0 Å². The van der Waals surface area contributed by atoms with Crippen molar-refractivity contribution in [3.05, 3.63) is 251 Å². The minimum atomic E-state index is -1.32. The molecule has 0 bridgehead atoms. The molecular formula is C93H111N27O9. The number of guanidine groups is 3. The number of fused-ring (bicyclic) bond motifs is 6. The largest absolute Gasteiger partial charge is 0.370 e. The van der Waals surface area contributed by atoms with Crippen molar-refractivity contribution in [2.75, 3.05) is 19.6 Å². The fourth-order valence-electron chi connectivity index (χ4n) is 16.2. The molecule has 0 fully saturated rings. The molecule has 0 saturated heterocycles. The highest BCUT2D eigenvalue weighted by atomic mass is 16.2. The van der Waals surface area contributed by atoms with E-state index in [9.17, 15) is 14.4 Å². The van der Waals surface area contributed by atoms with Gasteiger partial charge in [0.05, 0.1) is 18.1 Å². The molecule has 0 saturated carbocycles. The Balaban J connectivity index is 0.799. The van der Waals surface area contributed by atoms with E-state index in [2.05, 4.69) is 93.7 Å². The van der Waals surface area contributed by atoms with Gasteiger partial charge in [0, 0.05) is 161 Å². The van der Waals surface area contributed by atoms with Gasteiger partial charge in [0.2, 0.25) is 53.2 Å². The van der Waals surface area contributed by atoms with Crippen LogP contribution >= 0.6 is 0 Å². The van der Waals surface area contributed by atoms with Crippen LogP contribution < -0.4 is 98.2 Å². The molecule has 672 valence electrons. The maximum absolute atomic E-state index is 15.4. The molecule has 0 aliphatic rings. The zero-order valence-electron chi connectivity index (χ0n) is 71.1. The van der Waals surface area contributed by atoms with Gasteiger partial charge in [-0.1, -0.05) is 127 Å². The number of aromatic nitrogens is 6. The van der Waals surface area contributed by atoms with Crippen LogP contribution in [0, 0.1) is 16.2 Å². The molecule has 9 amide bonds. The van der Waals surface area contributed by atoms with Crippen LogP contribution in [0.3, 0.4) is 0 Å². The van der Waals surface area contributed by atoms with Crippen molar-refractivity contribution in [1.82, 2.24) is 93.7 Å². The number of aromatic amines is 6. The topological polar surface area (TPSA) is 620 Å². The van der Waals surface area contributed by atoms with Crippen molar-refractivity contribution >= 4 is 136 Å². The Morgan fingerprint density at radius 1 is 0.264 bits per heavy atom. The van der Waals surface area contributed by atoms with E-state index in [1.165, 1.54) is 0 Å². The molecule has 6 aromatic heterocycles. The van der Waals surface area contributed by atoms with Crippen molar-refractivity contribution in [2.45, 2.75) is 151 Å². The van der Waals surface area contributed by atoms with Gasteiger partial charge in [0.15, 0.2) is 17.9 Å². The molecule has 13 rings (SSSR count). The Labute approximate surface area is 741 Å². The Bertz CT molecular complexity index is 5600. The molecular weight excluding hydrogens is 1640 g/mol. The maximum Gasteiger partial charge on any atom is 0.243 e. The van der Waals surface area contributed by atoms with Crippen LogP contribution in [0.2, 0.25) is 0 Å². The highest BCUT2D eigenvalue weighted by molar-refractivity contribution is 5.98. The third-order valence-corrected chi connectivity index (χ3v) is 22.9. The van der Waals surface area contributed by atoms with E-state index in [-0.39, 0.29) is 134 Å². The zero-order chi connectivity index (χ0) is 91.0. The lowest BCUT2D eigenvalue weighted by Crippen LogP contribution is -2.56. The van der Waals surface area contributed by atoms with Crippen molar-refractivity contribution in [3.63, 3.8) is 0 Å². The van der Waals surface area contributed by atoms with Gasteiger partial charge in [-0.2, -0.15) is 0 Å². The van der Waals surface area contributed by atoms with Gasteiger partial charge >= 0.3 is 0 Å². The highest BCUT2D eigenvalue weighted by Crippen LogP contribution is 2.27. The lowest BCUT2D eigenvalue weighted by atomic mass is 10.0. The van der Waals surface area contributed by atoms with Crippen molar-refractivity contribution in [2.24, 2.45) is 34.4 Å². The number of carbonyl (C=O) groups excluding carboxylic acids is 9. The van der Waals surface area contributed by atoms with Crippen molar-refractivity contribution < 1.29 is 43.2 Å². The first-order chi connectivity index (χ1) is 62.3. The normalized spacial score (nSPS) is 13.5. The van der Waals surface area contributed by atoms with E-state index in [1.54, 1.807) is 55.4 Å². The number of hydrogen-bond acceptors (Lipinski definition) is 15. The molecule has 0 radical (unpaired) electrons. The average molecular weight is 1750 g/mol. The second-order valence-electron chi connectivity index (χ2n) is 32.3. The number of nitrogens with one attached hydrogen (secondary N) is 21. The second-order valence-corrected chi connectivity index (χ2v) is 32.3. The molecule has 0 spiro atoms. The molecule has 129 heavy (non-hydrogen) atoms. The Kier molecular flexibility index (Phi) is 30.9. The van der Waals surface area contributed by atoms with Gasteiger partial charge in [-0.3, -0.25) is 59.4 Å². The number of carbonyl (C=O) groups is 9. The minimum Gasteiger partial charge on any atom is -0.370 e. The Morgan fingerprint density at radius 3 is 0.682 bits per heavy atom. The molecule has 6 heterocycles. The highest BCUT2D eigenvalue weighted by Gasteiger charge is 2.34. The van der Waals surface area contributed by atoms with Gasteiger partial charge in [-0.05, 0) is 144 Å². The predicted octanol–water partition coefficient (Wildman–Crippen LogP) is 3.56. The summed E-state index contributed by atoms with van der Waals surface area (Å²) in [5.41, 5.74) is 47.3. The lowest BCUT2D eigenvalue weighted by Gasteiger charge is -2.25. The Morgan fingerprint density at radius 2 is 0.465 bits per heavy atom. The number of benzene rings is 7. The van der Waals surface area contributed by atoms with Crippen LogP contribution in [0.25, 0.3) is 65.4 Å². The molecule has 13 aromatic rings. The van der Waals surface area contributed by atoms with E-state index < -0.39 is 108 Å². The number of nitrogens with two attached hydrogens (primary N) is 6. The third kappa shape index (κ3) is 24.7. The summed E-state index contributed by atoms with van der Waals surface area (Å²) in [6.45, 7) is -0.212. The smallest absolute Gasteiger partial charge is 0.243 e. The molecule has 36 nitrogen and oxygen atoms in total. The van der Waals surface area contributed by atoms with Gasteiger partial charge in [-0.25, -0.2) is 0 Å². The summed E-state index contributed by atoms with van der Waals surface area (Å²) in [6, 6.07) is 39.1. The van der Waals surface area contributed by atoms with Crippen LogP contribution in [-0.2, 0) is 101 Å². The molecule has 9 atom stereocenters. The second kappa shape index (κ2) is 43.5. The third-order valence-electron chi connectivity index (χ3n) is 22.9. The van der Waals surface area contributed by atoms with Crippen molar-refractivity contribution in [1.29, 1.82) is 16.2 Å². The molecule has 33 N–H and O–H groups in total. The molecule has 36 heteroatoms. The standard InChI is InChI=1S/C93H111N27O9/c94-67(37-55-46-106-70-22-7-1-16-61(55)70)82(121)115-76(28-13-31-103-91(97)98)88(127)118-79(40-58-49-109-73-25-10-4-19-64(58)73)85(124)112-43-52-34-53(44-113-86(125)80(41-59-50-110-74-26-11-5-20-65(59)74)119-89(128)77(29-14-32-104-92(99)100)116-83(122)68(95)38-56-47-107-71-23-8-2-17-62(56)71)36-54(35-52)45-114-87(126)81(42-60-51-111-75-27-12-6-21-66(60)75)120-90(129)78(30-15-33-105-93(101)102)117-84(123)69(96)39-57-48-108-72-24-9-3-18-63(57)72/h1-12,16-27,34-36,46-51,67-69,76-81,106-111H,13-15,28-33,37-45,94-96H2,(H,112,124)(H,113,125)(H,114,126)(H,115,121)(H,116,122)(H,117,123)(H,118,127)(H,119,128)(H,120,129)(H4,97,98,103)(H4,99,100,104)(H4,101,102,105)/t67-,68-,69-,76-,77-,78-,79-,80-,81-/m0/s1. The molecule has 0 unspecified atom stereocenters. The first kappa shape index (κ1) is 91.4. The molecule has 0 aliphatic heterocycles. The number of amides is 9. The summed E-state index contributed by atoms with van der Waals surface area (Å²) in [6.07, 6.45) is 11.5. The van der Waals surface area contributed by atoms with Crippen LogP contribution in [0.4, 0.5) is 0 Å². The summed E-state index contributed by atoms with van der Waals surface area (Å²) in [7, 11) is 0. The van der Waals surface area contributed by atoms with Gasteiger partial charge in [-0.15, -0.1) is 0 Å². The number of rotatable bonds is 45. The summed E-state index contributed by atoms with van der Waals surface area (Å²) >= 11 is 0. The molecule has 7 aromatic carbocycles. The average Bonchev–Trinajstić information content (AvgIpc) is 1.63. The summed E-state index contributed by atoms with van der Waals surface area (Å²) in [5.74, 6) is -6.92. The predicted molar refractivity (Wildman–Crippen MR) is 497 cm³/mol. The number of H-pyrrole nitrogens is 6. The van der Waals surface area contributed by atoms with Gasteiger partial charge < -0.3 is 128 Å². The molecule has 0 aliphatic carbocycles. The summed E-state index contributed by atoms with van der Waals surface area (Å²) < 4.78 is 0. The van der Waals surface area contributed by atoms with E-state index in [0.29, 0.717) is 33.4 Å². The fourth-order valence-corrected chi connectivity index (χ4v) is 16.2. The maximum atomic E-state index is 15.4. The zero-order valence-corrected chi connectivity index (χ0v) is 71.1.